The number of ether oxygens (including phenoxy) is 1. The number of rotatable bonds is 10. The molecular formula is C12H21N3Na2O13P2. The standard InChI is InChI=1S/C12H21N3O13P2.2Na/c13-8-1-2-15(12(20)14-8)11-10(19)9(18)7(27-11)5-26-30(23,24)28-29(21,22)25-4-6(17)3-16;;/h1-2,6-7,9-11,16-19H,3-5H2,(H,21,22)(H,23,24)(H2,13,14,20);;/t6?,7-,9-,10-,11-;;/m1../s1. The van der Waals surface area contributed by atoms with Gasteiger partial charge >= 0.3 is 21.3 Å². The van der Waals surface area contributed by atoms with E-state index in [0.29, 0.717) is 0 Å². The molecule has 174 valence electrons. The van der Waals surface area contributed by atoms with Crippen LogP contribution in [0.4, 0.5) is 5.82 Å². The largest absolute Gasteiger partial charge is 0.481 e. The van der Waals surface area contributed by atoms with Crippen LogP contribution in [0, 0.1) is 0 Å². The fraction of sp³-hybridized carbons (Fsp3) is 0.667. The summed E-state index contributed by atoms with van der Waals surface area (Å²) in [6.45, 7) is -2.59. The zero-order valence-electron chi connectivity index (χ0n) is 17.1. The number of phosphoric acid groups is 2. The van der Waals surface area contributed by atoms with Crippen molar-refractivity contribution in [1.82, 2.24) is 9.55 Å². The molecule has 1 fully saturated rings. The molecule has 1 aromatic rings. The molecule has 1 aliphatic heterocycles. The number of nitrogens with zero attached hydrogens (tertiary/aromatic N) is 2. The van der Waals surface area contributed by atoms with Crippen LogP contribution in [0.1, 0.15) is 6.23 Å². The monoisotopic (exact) mass is 523 g/mol. The van der Waals surface area contributed by atoms with Crippen molar-refractivity contribution in [2.75, 3.05) is 25.6 Å². The molecule has 7 atom stereocenters. The quantitative estimate of drug-likeness (QED) is 0.115. The van der Waals surface area contributed by atoms with E-state index < -0.39 is 71.8 Å². The molecule has 0 bridgehead atoms. The van der Waals surface area contributed by atoms with E-state index in [1.54, 1.807) is 0 Å². The Hall–Kier alpha value is 0.740. The topological polar surface area (TPSA) is 253 Å². The van der Waals surface area contributed by atoms with E-state index in [-0.39, 0.29) is 64.9 Å². The van der Waals surface area contributed by atoms with Crippen molar-refractivity contribution in [3.63, 3.8) is 0 Å². The first-order valence-electron chi connectivity index (χ1n) is 8.16. The van der Waals surface area contributed by atoms with Gasteiger partial charge in [-0.05, 0) is 6.07 Å². The van der Waals surface area contributed by atoms with Crippen LogP contribution in [0.2, 0.25) is 0 Å². The van der Waals surface area contributed by atoms with E-state index in [1.807, 2.05) is 0 Å². The Kier molecular flexibility index (Phi) is 14.0. The average Bonchev–Trinajstić information content (AvgIpc) is 2.92. The summed E-state index contributed by atoms with van der Waals surface area (Å²) >= 11 is 0. The Labute approximate surface area is 225 Å². The fourth-order valence-electron chi connectivity index (χ4n) is 2.29. The van der Waals surface area contributed by atoms with Crippen LogP contribution in [0.3, 0.4) is 0 Å². The number of nitrogens with two attached hydrogens (primary N) is 1. The van der Waals surface area contributed by atoms with Crippen molar-refractivity contribution in [2.24, 2.45) is 0 Å². The second-order valence-corrected chi connectivity index (χ2v) is 9.08. The number of aliphatic hydroxyl groups is 4. The number of phosphoric ester groups is 2. The van der Waals surface area contributed by atoms with Gasteiger partial charge in [-0.3, -0.25) is 13.6 Å². The molecule has 0 saturated carbocycles. The van der Waals surface area contributed by atoms with Gasteiger partial charge < -0.3 is 40.7 Å². The third-order valence-corrected chi connectivity index (χ3v) is 6.31. The van der Waals surface area contributed by atoms with Gasteiger partial charge in [0.1, 0.15) is 30.2 Å². The van der Waals surface area contributed by atoms with Crippen LogP contribution >= 0.6 is 15.6 Å². The number of anilines is 1. The maximum atomic E-state index is 11.8. The van der Waals surface area contributed by atoms with Crippen LogP contribution in [-0.4, -0.2) is 143 Å². The molecule has 2 rings (SSSR count). The maximum Gasteiger partial charge on any atom is 0.481 e. The minimum absolute atomic E-state index is 0. The van der Waals surface area contributed by atoms with Crippen LogP contribution in [-0.2, 0) is 27.2 Å². The van der Waals surface area contributed by atoms with Crippen molar-refractivity contribution >= 4 is 80.6 Å². The molecule has 0 aromatic carbocycles. The number of hydrogen-bond donors (Lipinski definition) is 7. The predicted octanol–water partition coefficient (Wildman–Crippen LogP) is -3.71. The molecule has 1 aliphatic rings. The molecule has 2 heterocycles. The first kappa shape index (κ1) is 32.7. The van der Waals surface area contributed by atoms with E-state index in [2.05, 4.69) is 18.3 Å². The van der Waals surface area contributed by atoms with Gasteiger partial charge in [0.15, 0.2) is 6.23 Å². The normalized spacial score (nSPS) is 27.4. The zero-order valence-corrected chi connectivity index (χ0v) is 22.9. The number of nitrogen functional groups attached to an aromatic ring is 1. The first-order valence-corrected chi connectivity index (χ1v) is 11.2. The van der Waals surface area contributed by atoms with Crippen LogP contribution in [0.25, 0.3) is 0 Å². The fourth-order valence-corrected chi connectivity index (χ4v) is 4.41. The maximum absolute atomic E-state index is 11.8. The van der Waals surface area contributed by atoms with Crippen molar-refractivity contribution in [1.29, 1.82) is 0 Å². The van der Waals surface area contributed by atoms with Gasteiger partial charge in [0.05, 0.1) is 19.8 Å². The van der Waals surface area contributed by atoms with Gasteiger partial charge in [-0.15, -0.1) is 0 Å². The molecule has 32 heavy (non-hydrogen) atoms. The first-order chi connectivity index (χ1) is 13.8. The molecule has 8 N–H and O–H groups in total. The SMILES string of the molecule is Nc1ccn([C@@H]2O[C@H](COP(=O)(O)OP(=O)(O)OCC(O)CO)[C@@H](O)[C@H]2O)c(=O)n1.[Na].[Na]. The molecule has 0 aliphatic carbocycles. The van der Waals surface area contributed by atoms with Gasteiger partial charge in [-0.25, -0.2) is 13.9 Å². The molecule has 0 spiro atoms. The van der Waals surface area contributed by atoms with E-state index in [4.69, 9.17) is 20.7 Å². The third-order valence-electron chi connectivity index (χ3n) is 3.71. The molecule has 0 amide bonds. The van der Waals surface area contributed by atoms with Gasteiger partial charge in [0.25, 0.3) is 0 Å². The smallest absolute Gasteiger partial charge is 0.394 e. The summed E-state index contributed by atoms with van der Waals surface area (Å²) in [4.78, 5) is 34.2. The van der Waals surface area contributed by atoms with Crippen molar-refractivity contribution in [3.05, 3.63) is 22.7 Å². The molecular weight excluding hydrogens is 502 g/mol. The summed E-state index contributed by atoms with van der Waals surface area (Å²) in [7, 11) is -10.4. The zero-order chi connectivity index (χ0) is 22.7. The van der Waals surface area contributed by atoms with Crippen LogP contribution in [0.5, 0.6) is 0 Å². The van der Waals surface area contributed by atoms with Crippen molar-refractivity contribution in [2.45, 2.75) is 30.6 Å². The van der Waals surface area contributed by atoms with Crippen molar-refractivity contribution < 1.29 is 57.4 Å². The predicted molar refractivity (Wildman–Crippen MR) is 106 cm³/mol. The van der Waals surface area contributed by atoms with Gasteiger partial charge in [0, 0.05) is 65.3 Å². The van der Waals surface area contributed by atoms with Crippen LogP contribution in [0.15, 0.2) is 17.1 Å². The Morgan fingerprint density at radius 3 is 2.34 bits per heavy atom. The summed E-state index contributed by atoms with van der Waals surface area (Å²) in [6.07, 6.45) is -6.62. The minimum atomic E-state index is -5.24. The number of aliphatic hydroxyl groups excluding tert-OH is 4. The van der Waals surface area contributed by atoms with E-state index in [9.17, 15) is 33.9 Å². The Bertz CT molecular complexity index is 892. The van der Waals surface area contributed by atoms with Gasteiger partial charge in [-0.2, -0.15) is 9.29 Å². The number of aromatic nitrogens is 2. The van der Waals surface area contributed by atoms with E-state index in [0.717, 1.165) is 10.8 Å². The van der Waals surface area contributed by atoms with E-state index in [1.165, 1.54) is 6.07 Å². The summed E-state index contributed by atoms with van der Waals surface area (Å²) in [5, 5.41) is 37.7. The molecule has 1 aromatic heterocycles. The molecule has 2 radical (unpaired) electrons. The Balaban J connectivity index is 0.00000480. The third kappa shape index (κ3) is 9.41. The second kappa shape index (κ2) is 13.7. The van der Waals surface area contributed by atoms with Gasteiger partial charge in [-0.1, -0.05) is 0 Å². The summed E-state index contributed by atoms with van der Waals surface area (Å²) in [5.74, 6) is -0.0929. The molecule has 3 unspecified atom stereocenters. The number of hydrogen-bond acceptors (Lipinski definition) is 13. The molecule has 1 saturated heterocycles. The summed E-state index contributed by atoms with van der Waals surface area (Å²) in [5.41, 5.74) is 4.46. The summed E-state index contributed by atoms with van der Waals surface area (Å²) in [6, 6.07) is 1.23. The minimum Gasteiger partial charge on any atom is -0.394 e. The Morgan fingerprint density at radius 1 is 1.19 bits per heavy atom. The Morgan fingerprint density at radius 2 is 1.78 bits per heavy atom. The molecule has 20 heteroatoms. The average molecular weight is 523 g/mol. The van der Waals surface area contributed by atoms with Crippen LogP contribution < -0.4 is 11.4 Å². The summed E-state index contributed by atoms with van der Waals surface area (Å²) < 4.78 is 42.2. The van der Waals surface area contributed by atoms with E-state index >= 15 is 0 Å². The van der Waals surface area contributed by atoms with Gasteiger partial charge in [0.2, 0.25) is 0 Å². The molecule has 16 nitrogen and oxygen atoms in total. The second-order valence-electron chi connectivity index (χ2n) is 6.04. The van der Waals surface area contributed by atoms with Crippen molar-refractivity contribution in [3.8, 4) is 0 Å².